The van der Waals surface area contributed by atoms with Crippen molar-refractivity contribution in [3.05, 3.63) is 52.1 Å². The second-order valence-electron chi connectivity index (χ2n) is 4.00. The molecule has 10 heteroatoms. The van der Waals surface area contributed by atoms with E-state index >= 15 is 0 Å². The summed E-state index contributed by atoms with van der Waals surface area (Å²) >= 11 is 0. The Hall–Kier alpha value is -2.62. The smallest absolute Gasteiger partial charge is 0.258 e. The standard InChI is InChI=1S/C11H9FN4O4S/c1-7-5-8(12)9(16(17)18)6-10(7)21(19,20)15-11-13-3-2-4-14-11/h2-6H,1H3,(H,13,14,15). The van der Waals surface area contributed by atoms with Crippen molar-refractivity contribution in [2.24, 2.45) is 0 Å². The number of aromatic nitrogens is 2. The first-order valence-electron chi connectivity index (χ1n) is 5.55. The Kier molecular flexibility index (Phi) is 3.80. The molecule has 0 atom stereocenters. The molecule has 1 N–H and O–H groups in total. The normalized spacial score (nSPS) is 11.1. The number of rotatable bonds is 4. The van der Waals surface area contributed by atoms with Gasteiger partial charge in [-0.25, -0.2) is 23.1 Å². The lowest BCUT2D eigenvalue weighted by molar-refractivity contribution is -0.387. The molecule has 0 saturated carbocycles. The molecule has 0 bridgehead atoms. The van der Waals surface area contributed by atoms with E-state index in [-0.39, 0.29) is 11.5 Å². The van der Waals surface area contributed by atoms with Gasteiger partial charge >= 0.3 is 5.69 Å². The lowest BCUT2D eigenvalue weighted by Crippen LogP contribution is -2.16. The lowest BCUT2D eigenvalue weighted by atomic mass is 10.2. The van der Waals surface area contributed by atoms with Crippen molar-refractivity contribution in [3.8, 4) is 0 Å². The molecular formula is C11H9FN4O4S. The molecule has 0 spiro atoms. The van der Waals surface area contributed by atoms with Gasteiger partial charge in [-0.1, -0.05) is 0 Å². The number of hydrogen-bond acceptors (Lipinski definition) is 6. The fraction of sp³-hybridized carbons (Fsp3) is 0.0909. The maximum absolute atomic E-state index is 13.4. The summed E-state index contributed by atoms with van der Waals surface area (Å²) < 4.78 is 39.8. The molecular weight excluding hydrogens is 303 g/mol. The molecule has 0 aliphatic rings. The van der Waals surface area contributed by atoms with E-state index in [1.807, 2.05) is 0 Å². The van der Waals surface area contributed by atoms with Gasteiger partial charge in [0.25, 0.3) is 10.0 Å². The molecule has 1 aromatic heterocycles. The van der Waals surface area contributed by atoms with E-state index < -0.39 is 31.3 Å². The Balaban J connectivity index is 2.50. The number of anilines is 1. The van der Waals surface area contributed by atoms with Crippen LogP contribution in [0, 0.1) is 22.9 Å². The SMILES string of the molecule is Cc1cc(F)c([N+](=O)[O-])cc1S(=O)(=O)Nc1ncccn1. The van der Waals surface area contributed by atoms with Gasteiger partial charge in [-0.3, -0.25) is 10.1 Å². The quantitative estimate of drug-likeness (QED) is 0.677. The van der Waals surface area contributed by atoms with Crippen molar-refractivity contribution >= 4 is 21.7 Å². The molecule has 1 heterocycles. The fourth-order valence-electron chi connectivity index (χ4n) is 1.60. The summed E-state index contributed by atoms with van der Waals surface area (Å²) in [6.07, 6.45) is 2.65. The zero-order valence-corrected chi connectivity index (χ0v) is 11.5. The van der Waals surface area contributed by atoms with Crippen molar-refractivity contribution < 1.29 is 17.7 Å². The number of nitrogens with zero attached hydrogens (tertiary/aromatic N) is 3. The van der Waals surface area contributed by atoms with Crippen LogP contribution in [0.25, 0.3) is 0 Å². The summed E-state index contributed by atoms with van der Waals surface area (Å²) in [5.41, 5.74) is -0.892. The average molecular weight is 312 g/mol. The molecule has 0 saturated heterocycles. The largest absolute Gasteiger partial charge is 0.306 e. The van der Waals surface area contributed by atoms with E-state index in [1.165, 1.54) is 25.4 Å². The van der Waals surface area contributed by atoms with Crippen LogP contribution in [0.3, 0.4) is 0 Å². The third-order valence-corrected chi connectivity index (χ3v) is 3.99. The number of nitro groups is 1. The van der Waals surface area contributed by atoms with Crippen LogP contribution in [0.2, 0.25) is 0 Å². The van der Waals surface area contributed by atoms with E-state index in [0.717, 1.165) is 6.07 Å². The van der Waals surface area contributed by atoms with E-state index in [0.29, 0.717) is 6.07 Å². The van der Waals surface area contributed by atoms with Gasteiger partial charge in [0.05, 0.1) is 9.82 Å². The Labute approximate surface area is 118 Å². The lowest BCUT2D eigenvalue weighted by Gasteiger charge is -2.09. The maximum Gasteiger partial charge on any atom is 0.306 e. The first-order valence-corrected chi connectivity index (χ1v) is 7.04. The van der Waals surface area contributed by atoms with Gasteiger partial charge in [-0.05, 0) is 24.6 Å². The third-order valence-electron chi connectivity index (χ3n) is 2.52. The zero-order chi connectivity index (χ0) is 15.6. The molecule has 0 aliphatic carbocycles. The van der Waals surface area contributed by atoms with Crippen LogP contribution in [0.1, 0.15) is 5.56 Å². The van der Waals surface area contributed by atoms with Crippen LogP contribution >= 0.6 is 0 Å². The highest BCUT2D eigenvalue weighted by Crippen LogP contribution is 2.26. The summed E-state index contributed by atoms with van der Waals surface area (Å²) in [5.74, 6) is -1.30. The molecule has 0 fully saturated rings. The highest BCUT2D eigenvalue weighted by Gasteiger charge is 2.24. The summed E-state index contributed by atoms with van der Waals surface area (Å²) in [4.78, 5) is 16.7. The van der Waals surface area contributed by atoms with Crippen molar-refractivity contribution in [3.63, 3.8) is 0 Å². The minimum absolute atomic E-state index is 0.0292. The fourth-order valence-corrected chi connectivity index (χ4v) is 2.80. The molecule has 0 radical (unpaired) electrons. The van der Waals surface area contributed by atoms with Crippen molar-refractivity contribution in [2.45, 2.75) is 11.8 Å². The molecule has 1 aromatic carbocycles. The van der Waals surface area contributed by atoms with Crippen molar-refractivity contribution in [1.29, 1.82) is 0 Å². The van der Waals surface area contributed by atoms with Crippen molar-refractivity contribution in [2.75, 3.05) is 4.72 Å². The third kappa shape index (κ3) is 3.11. The van der Waals surface area contributed by atoms with Crippen LogP contribution in [-0.4, -0.2) is 23.3 Å². The Morgan fingerprint density at radius 2 is 1.90 bits per heavy atom. The molecule has 0 amide bonds. The van der Waals surface area contributed by atoms with Crippen LogP contribution in [0.4, 0.5) is 16.0 Å². The molecule has 110 valence electrons. The van der Waals surface area contributed by atoms with Gasteiger partial charge < -0.3 is 0 Å². The second kappa shape index (κ2) is 5.40. The highest BCUT2D eigenvalue weighted by atomic mass is 32.2. The van der Waals surface area contributed by atoms with Gasteiger partial charge in [0.1, 0.15) is 0 Å². The van der Waals surface area contributed by atoms with Crippen LogP contribution in [-0.2, 0) is 10.0 Å². The summed E-state index contributed by atoms with van der Waals surface area (Å²) in [5, 5.41) is 10.7. The zero-order valence-electron chi connectivity index (χ0n) is 10.6. The Morgan fingerprint density at radius 1 is 1.29 bits per heavy atom. The summed E-state index contributed by atoms with van der Waals surface area (Å²) in [6.45, 7) is 1.33. The van der Waals surface area contributed by atoms with E-state index in [9.17, 15) is 22.9 Å². The van der Waals surface area contributed by atoms with Gasteiger partial charge in [0, 0.05) is 18.5 Å². The van der Waals surface area contributed by atoms with Crippen LogP contribution in [0.5, 0.6) is 0 Å². The molecule has 21 heavy (non-hydrogen) atoms. The maximum atomic E-state index is 13.4. The first-order chi connectivity index (χ1) is 9.81. The number of nitrogens with one attached hydrogen (secondary N) is 1. The number of sulfonamides is 1. The molecule has 0 aliphatic heterocycles. The second-order valence-corrected chi connectivity index (χ2v) is 5.65. The van der Waals surface area contributed by atoms with Crippen molar-refractivity contribution in [1.82, 2.24) is 9.97 Å². The Bertz CT molecular complexity index is 795. The Morgan fingerprint density at radius 3 is 2.48 bits per heavy atom. The van der Waals surface area contributed by atoms with Crippen LogP contribution < -0.4 is 4.72 Å². The highest BCUT2D eigenvalue weighted by molar-refractivity contribution is 7.92. The van der Waals surface area contributed by atoms with E-state index in [1.54, 1.807) is 0 Å². The van der Waals surface area contributed by atoms with Gasteiger partial charge in [-0.15, -0.1) is 0 Å². The molecule has 2 rings (SSSR count). The van der Waals surface area contributed by atoms with Crippen LogP contribution in [0.15, 0.2) is 35.5 Å². The number of benzene rings is 1. The molecule has 0 unspecified atom stereocenters. The summed E-state index contributed by atoms with van der Waals surface area (Å²) in [7, 11) is -4.16. The van der Waals surface area contributed by atoms with Gasteiger partial charge in [-0.2, -0.15) is 4.39 Å². The van der Waals surface area contributed by atoms with Gasteiger partial charge in [0.2, 0.25) is 11.8 Å². The number of aryl methyl sites for hydroxylation is 1. The minimum atomic E-state index is -4.16. The molecule has 8 nitrogen and oxygen atoms in total. The summed E-state index contributed by atoms with van der Waals surface area (Å²) in [6, 6.07) is 2.94. The van der Waals surface area contributed by atoms with E-state index in [4.69, 9.17) is 0 Å². The van der Waals surface area contributed by atoms with Gasteiger partial charge in [0.15, 0.2) is 0 Å². The topological polar surface area (TPSA) is 115 Å². The minimum Gasteiger partial charge on any atom is -0.258 e. The average Bonchev–Trinajstić information content (AvgIpc) is 2.38. The predicted molar refractivity (Wildman–Crippen MR) is 70.6 cm³/mol. The number of hydrogen-bond donors (Lipinski definition) is 1. The van der Waals surface area contributed by atoms with E-state index in [2.05, 4.69) is 14.7 Å². The first kappa shape index (κ1) is 14.8. The molecule has 2 aromatic rings. The predicted octanol–water partition coefficient (Wildman–Crippen LogP) is 1.63. The number of nitro benzene ring substituents is 1. The monoisotopic (exact) mass is 312 g/mol. The number of halogens is 1.